The van der Waals surface area contributed by atoms with Crippen molar-refractivity contribution in [1.29, 1.82) is 0 Å². The molecule has 19 heavy (non-hydrogen) atoms. The highest BCUT2D eigenvalue weighted by Crippen LogP contribution is 2.21. The number of pyridine rings is 1. The van der Waals surface area contributed by atoms with Gasteiger partial charge < -0.3 is 5.32 Å². The lowest BCUT2D eigenvalue weighted by molar-refractivity contribution is 0.411. The van der Waals surface area contributed by atoms with Crippen molar-refractivity contribution in [3.8, 4) is 0 Å². The molecule has 5 nitrogen and oxygen atoms in total. The van der Waals surface area contributed by atoms with Gasteiger partial charge in [0.15, 0.2) is 0 Å². The first kappa shape index (κ1) is 15.6. The Bertz CT molecular complexity index is 551. The van der Waals surface area contributed by atoms with E-state index in [1.54, 1.807) is 0 Å². The summed E-state index contributed by atoms with van der Waals surface area (Å²) in [6, 6.07) is 0. The Balaban J connectivity index is 2.85. The second-order valence-electron chi connectivity index (χ2n) is 3.72. The third kappa shape index (κ3) is 3.53. The van der Waals surface area contributed by atoms with Gasteiger partial charge in [-0.3, -0.25) is 0 Å². The number of halogens is 4. The van der Waals surface area contributed by atoms with E-state index in [0.717, 1.165) is 4.31 Å². The van der Waals surface area contributed by atoms with Crippen molar-refractivity contribution < 1.29 is 26.0 Å². The molecule has 1 heterocycles. The van der Waals surface area contributed by atoms with Crippen LogP contribution in [0.1, 0.15) is 0 Å². The van der Waals surface area contributed by atoms with E-state index < -0.39 is 51.5 Å². The predicted octanol–water partition coefficient (Wildman–Crippen LogP) is 0.941. The molecule has 0 saturated carbocycles. The molecule has 0 aliphatic carbocycles. The van der Waals surface area contributed by atoms with Gasteiger partial charge in [-0.2, -0.15) is 22.5 Å². The normalized spacial score (nSPS) is 11.9. The van der Waals surface area contributed by atoms with Gasteiger partial charge in [0.05, 0.1) is 5.75 Å². The molecule has 0 spiro atoms. The number of aromatic nitrogens is 1. The van der Waals surface area contributed by atoms with Crippen LogP contribution in [0.15, 0.2) is 0 Å². The molecule has 0 saturated heterocycles. The summed E-state index contributed by atoms with van der Waals surface area (Å²) in [6.07, 6.45) is 0. The molecule has 1 aromatic rings. The van der Waals surface area contributed by atoms with E-state index in [9.17, 15) is 26.0 Å². The second-order valence-corrected chi connectivity index (χ2v) is 6.02. The molecule has 0 aliphatic rings. The van der Waals surface area contributed by atoms with Crippen LogP contribution in [0.2, 0.25) is 0 Å². The van der Waals surface area contributed by atoms with Gasteiger partial charge in [-0.25, -0.2) is 12.7 Å². The molecule has 1 aromatic heterocycles. The van der Waals surface area contributed by atoms with Crippen molar-refractivity contribution in [3.05, 3.63) is 23.5 Å². The lowest BCUT2D eigenvalue weighted by Crippen LogP contribution is -2.28. The monoisotopic (exact) mass is 301 g/mol. The van der Waals surface area contributed by atoms with Crippen molar-refractivity contribution in [3.63, 3.8) is 0 Å². The Morgan fingerprint density at radius 1 is 1.11 bits per heavy atom. The summed E-state index contributed by atoms with van der Waals surface area (Å²) in [5.74, 6) is -7.53. The first-order valence-corrected chi connectivity index (χ1v) is 6.61. The summed E-state index contributed by atoms with van der Waals surface area (Å²) in [4.78, 5) is 2.37. The predicted molar refractivity (Wildman–Crippen MR) is 60.0 cm³/mol. The van der Waals surface area contributed by atoms with E-state index in [1.165, 1.54) is 14.1 Å². The maximum absolute atomic E-state index is 13.2. The van der Waals surface area contributed by atoms with Crippen molar-refractivity contribution >= 4 is 15.7 Å². The Morgan fingerprint density at radius 2 is 1.58 bits per heavy atom. The first-order chi connectivity index (χ1) is 8.66. The lowest BCUT2D eigenvalue weighted by atomic mass is 10.3. The standard InChI is InChI=1S/C9H11F4N3O2S/c1-16(2)19(17,18)4-3-14-7-5(10)8(12)15-9(13)6(7)11/h3-4H2,1-2H3,(H,14,15). The highest BCUT2D eigenvalue weighted by Gasteiger charge is 2.21. The van der Waals surface area contributed by atoms with Gasteiger partial charge in [0, 0.05) is 20.6 Å². The molecule has 108 valence electrons. The van der Waals surface area contributed by atoms with Crippen LogP contribution in [0.3, 0.4) is 0 Å². The Hall–Kier alpha value is -1.42. The Labute approximate surface area is 107 Å². The fourth-order valence-corrected chi connectivity index (χ4v) is 1.85. The number of anilines is 1. The number of nitrogens with zero attached hydrogens (tertiary/aromatic N) is 2. The minimum Gasteiger partial charge on any atom is -0.379 e. The van der Waals surface area contributed by atoms with E-state index in [1.807, 2.05) is 5.32 Å². The van der Waals surface area contributed by atoms with Crippen LogP contribution >= 0.6 is 0 Å². The highest BCUT2D eigenvalue weighted by molar-refractivity contribution is 7.89. The lowest BCUT2D eigenvalue weighted by Gasteiger charge is -2.13. The van der Waals surface area contributed by atoms with Crippen LogP contribution < -0.4 is 5.32 Å². The van der Waals surface area contributed by atoms with Crippen molar-refractivity contribution in [2.75, 3.05) is 31.7 Å². The fourth-order valence-electron chi connectivity index (χ4n) is 1.13. The SMILES string of the molecule is CN(C)S(=O)(=O)CCNc1c(F)c(F)nc(F)c1F. The van der Waals surface area contributed by atoms with E-state index in [-0.39, 0.29) is 0 Å². The van der Waals surface area contributed by atoms with Crippen molar-refractivity contribution in [1.82, 2.24) is 9.29 Å². The number of hydrogen-bond donors (Lipinski definition) is 1. The van der Waals surface area contributed by atoms with Crippen LogP contribution in [0.5, 0.6) is 0 Å². The van der Waals surface area contributed by atoms with Gasteiger partial charge in [0.1, 0.15) is 5.69 Å². The molecule has 1 N–H and O–H groups in total. The van der Waals surface area contributed by atoms with Crippen molar-refractivity contribution in [2.24, 2.45) is 0 Å². The topological polar surface area (TPSA) is 62.3 Å². The summed E-state index contributed by atoms with van der Waals surface area (Å²) in [5.41, 5.74) is -1.08. The third-order valence-corrected chi connectivity index (χ3v) is 4.05. The minimum absolute atomic E-state index is 0.419. The Morgan fingerprint density at radius 3 is 2.00 bits per heavy atom. The van der Waals surface area contributed by atoms with Crippen LogP contribution in [0.25, 0.3) is 0 Å². The van der Waals surface area contributed by atoms with Gasteiger partial charge >= 0.3 is 0 Å². The molecule has 0 aromatic carbocycles. The average molecular weight is 301 g/mol. The van der Waals surface area contributed by atoms with Crippen molar-refractivity contribution in [2.45, 2.75) is 0 Å². The molecular weight excluding hydrogens is 290 g/mol. The van der Waals surface area contributed by atoms with Gasteiger partial charge in [-0.15, -0.1) is 0 Å². The molecule has 10 heteroatoms. The molecule has 0 aliphatic heterocycles. The summed E-state index contributed by atoms with van der Waals surface area (Å²) in [5, 5.41) is 2.00. The van der Waals surface area contributed by atoms with Crippen LogP contribution in [-0.2, 0) is 10.0 Å². The van der Waals surface area contributed by atoms with E-state index in [0.29, 0.717) is 0 Å². The molecule has 0 radical (unpaired) electrons. The molecule has 0 atom stereocenters. The second kappa shape index (κ2) is 5.70. The molecule has 1 rings (SSSR count). The number of rotatable bonds is 5. The molecule has 0 bridgehead atoms. The third-order valence-electron chi connectivity index (χ3n) is 2.22. The van der Waals surface area contributed by atoms with E-state index in [4.69, 9.17) is 0 Å². The Kier molecular flexibility index (Phi) is 4.69. The largest absolute Gasteiger partial charge is 0.379 e. The molecular formula is C9H11F4N3O2S. The first-order valence-electron chi connectivity index (χ1n) is 5.01. The summed E-state index contributed by atoms with van der Waals surface area (Å²) >= 11 is 0. The number of nitrogens with one attached hydrogen (secondary N) is 1. The number of hydrogen-bond acceptors (Lipinski definition) is 4. The number of sulfonamides is 1. The van der Waals surface area contributed by atoms with E-state index in [2.05, 4.69) is 4.98 Å². The molecule has 0 unspecified atom stereocenters. The summed E-state index contributed by atoms with van der Waals surface area (Å²) in [7, 11) is -1.03. The molecule has 0 amide bonds. The maximum Gasteiger partial charge on any atom is 0.253 e. The van der Waals surface area contributed by atoms with Gasteiger partial charge in [0.2, 0.25) is 21.7 Å². The average Bonchev–Trinajstić information content (AvgIpc) is 2.31. The minimum atomic E-state index is -3.59. The smallest absolute Gasteiger partial charge is 0.253 e. The van der Waals surface area contributed by atoms with Gasteiger partial charge in [-0.05, 0) is 0 Å². The van der Waals surface area contributed by atoms with E-state index >= 15 is 0 Å². The fraction of sp³-hybridized carbons (Fsp3) is 0.444. The van der Waals surface area contributed by atoms with Crippen LogP contribution in [0.4, 0.5) is 23.2 Å². The van der Waals surface area contributed by atoms with Crippen LogP contribution in [-0.4, -0.2) is 44.1 Å². The summed E-state index contributed by atoms with van der Waals surface area (Å²) < 4.78 is 75.4. The van der Waals surface area contributed by atoms with Gasteiger partial charge in [0.25, 0.3) is 11.9 Å². The zero-order valence-electron chi connectivity index (χ0n) is 10.0. The highest BCUT2D eigenvalue weighted by atomic mass is 32.2. The molecule has 0 fully saturated rings. The zero-order valence-corrected chi connectivity index (χ0v) is 10.9. The van der Waals surface area contributed by atoms with Crippen LogP contribution in [0, 0.1) is 23.5 Å². The zero-order chi connectivity index (χ0) is 14.8. The summed E-state index contributed by atoms with van der Waals surface area (Å²) in [6.45, 7) is -0.419. The van der Waals surface area contributed by atoms with Gasteiger partial charge in [-0.1, -0.05) is 0 Å². The quantitative estimate of drug-likeness (QED) is 0.649. The maximum atomic E-state index is 13.2.